The lowest BCUT2D eigenvalue weighted by molar-refractivity contribution is -0.0545. The lowest BCUT2D eigenvalue weighted by Gasteiger charge is -2.39. The molecule has 3 aliphatic rings. The van der Waals surface area contributed by atoms with Gasteiger partial charge in [-0.15, -0.1) is 11.3 Å². The molecule has 0 aromatic carbocycles. The standard InChI is InChI=1S/C17H25NO2S/c1-3-16(21-8-1)10-18-7-2-6-17(13-18)9-15(12-20-17)19-11-14-4-5-14/h1,3,8,14-15H,2,4-7,9-13H2/t15-,17-/m0/s1. The van der Waals surface area contributed by atoms with E-state index in [1.165, 1.54) is 37.1 Å². The highest BCUT2D eigenvalue weighted by Gasteiger charge is 2.44. The molecule has 2 aliphatic heterocycles. The molecule has 0 amide bonds. The fourth-order valence-corrected chi connectivity index (χ4v) is 4.45. The summed E-state index contributed by atoms with van der Waals surface area (Å²) in [6, 6.07) is 4.39. The van der Waals surface area contributed by atoms with Crippen LogP contribution in [-0.4, -0.2) is 42.9 Å². The molecule has 3 nitrogen and oxygen atoms in total. The Balaban J connectivity index is 1.31. The third kappa shape index (κ3) is 3.50. The van der Waals surface area contributed by atoms with E-state index in [2.05, 4.69) is 22.4 Å². The number of likely N-dealkylation sites (tertiary alicyclic amines) is 1. The molecule has 2 saturated heterocycles. The maximum absolute atomic E-state index is 6.23. The van der Waals surface area contributed by atoms with Crippen molar-refractivity contribution >= 4 is 11.3 Å². The predicted octanol–water partition coefficient (Wildman–Crippen LogP) is 3.30. The second kappa shape index (κ2) is 5.99. The van der Waals surface area contributed by atoms with Crippen LogP contribution in [0.5, 0.6) is 0 Å². The van der Waals surface area contributed by atoms with E-state index in [1.807, 2.05) is 11.3 Å². The zero-order valence-electron chi connectivity index (χ0n) is 12.6. The van der Waals surface area contributed by atoms with Crippen LogP contribution in [0.2, 0.25) is 0 Å². The van der Waals surface area contributed by atoms with Crippen molar-refractivity contribution in [3.8, 4) is 0 Å². The Kier molecular flexibility index (Phi) is 4.05. The molecule has 3 heterocycles. The molecule has 1 aliphatic carbocycles. The quantitative estimate of drug-likeness (QED) is 0.833. The molecule has 116 valence electrons. The van der Waals surface area contributed by atoms with Crippen LogP contribution in [0.25, 0.3) is 0 Å². The Bertz CT molecular complexity index is 459. The summed E-state index contributed by atoms with van der Waals surface area (Å²) in [5.41, 5.74) is 0.0731. The van der Waals surface area contributed by atoms with Gasteiger partial charge in [-0.25, -0.2) is 0 Å². The molecule has 4 rings (SSSR count). The highest BCUT2D eigenvalue weighted by Crippen LogP contribution is 2.37. The van der Waals surface area contributed by atoms with Crippen molar-refractivity contribution in [3.05, 3.63) is 22.4 Å². The molecule has 0 radical (unpaired) electrons. The fraction of sp³-hybridized carbons (Fsp3) is 0.765. The number of hydrogen-bond donors (Lipinski definition) is 0. The Morgan fingerprint density at radius 2 is 2.38 bits per heavy atom. The maximum Gasteiger partial charge on any atom is 0.0836 e. The molecular weight excluding hydrogens is 282 g/mol. The van der Waals surface area contributed by atoms with Gasteiger partial charge in [0.1, 0.15) is 0 Å². The first-order chi connectivity index (χ1) is 10.3. The molecule has 0 bridgehead atoms. The summed E-state index contributed by atoms with van der Waals surface area (Å²) in [5.74, 6) is 0.850. The van der Waals surface area contributed by atoms with Gasteiger partial charge in [0.05, 0.1) is 18.3 Å². The zero-order chi connectivity index (χ0) is 14.1. The first kappa shape index (κ1) is 14.2. The van der Waals surface area contributed by atoms with E-state index < -0.39 is 0 Å². The van der Waals surface area contributed by atoms with Crippen molar-refractivity contribution in [2.75, 3.05) is 26.3 Å². The molecule has 1 aromatic heterocycles. The summed E-state index contributed by atoms with van der Waals surface area (Å²) in [5, 5.41) is 2.17. The highest BCUT2D eigenvalue weighted by molar-refractivity contribution is 7.09. The third-order valence-electron chi connectivity index (χ3n) is 5.02. The lowest BCUT2D eigenvalue weighted by atomic mass is 9.89. The summed E-state index contributed by atoms with van der Waals surface area (Å²) >= 11 is 1.86. The van der Waals surface area contributed by atoms with Gasteiger partial charge in [0.2, 0.25) is 0 Å². The SMILES string of the molecule is c1csc(CN2CCC[C@]3(C[C@H](OCC4CC4)CO3)C2)c1. The third-order valence-corrected chi connectivity index (χ3v) is 5.88. The minimum Gasteiger partial charge on any atom is -0.375 e. The highest BCUT2D eigenvalue weighted by atomic mass is 32.1. The summed E-state index contributed by atoms with van der Waals surface area (Å²) in [6.07, 6.45) is 6.63. The molecular formula is C17H25NO2S. The van der Waals surface area contributed by atoms with Crippen molar-refractivity contribution in [1.82, 2.24) is 4.90 Å². The summed E-state index contributed by atoms with van der Waals surface area (Å²) in [6.45, 7) is 5.13. The first-order valence-corrected chi connectivity index (χ1v) is 9.20. The number of nitrogens with zero attached hydrogens (tertiary/aromatic N) is 1. The molecule has 1 aromatic rings. The second-order valence-corrected chi connectivity index (χ2v) is 8.02. The van der Waals surface area contributed by atoms with Gasteiger partial charge in [-0.1, -0.05) is 6.07 Å². The van der Waals surface area contributed by atoms with Gasteiger partial charge in [0, 0.05) is 31.0 Å². The van der Waals surface area contributed by atoms with Gasteiger partial charge in [-0.3, -0.25) is 4.90 Å². The molecule has 3 fully saturated rings. The molecule has 1 saturated carbocycles. The van der Waals surface area contributed by atoms with Gasteiger partial charge in [-0.05, 0) is 49.6 Å². The Morgan fingerprint density at radius 3 is 3.19 bits per heavy atom. The molecule has 4 heteroatoms. The molecule has 1 spiro atoms. The lowest BCUT2D eigenvalue weighted by Crippen LogP contribution is -2.47. The van der Waals surface area contributed by atoms with Crippen LogP contribution in [0.4, 0.5) is 0 Å². The minimum atomic E-state index is 0.0731. The van der Waals surface area contributed by atoms with Gasteiger partial charge in [0.25, 0.3) is 0 Å². The van der Waals surface area contributed by atoms with E-state index in [9.17, 15) is 0 Å². The van der Waals surface area contributed by atoms with Gasteiger partial charge >= 0.3 is 0 Å². The van der Waals surface area contributed by atoms with Gasteiger partial charge in [-0.2, -0.15) is 0 Å². The first-order valence-electron chi connectivity index (χ1n) is 8.32. The van der Waals surface area contributed by atoms with E-state index >= 15 is 0 Å². The second-order valence-electron chi connectivity index (χ2n) is 6.99. The summed E-state index contributed by atoms with van der Waals surface area (Å²) in [7, 11) is 0. The van der Waals surface area contributed by atoms with Crippen LogP contribution in [0.1, 0.15) is 37.0 Å². The number of piperidine rings is 1. The average molecular weight is 307 g/mol. The number of hydrogen-bond acceptors (Lipinski definition) is 4. The van der Waals surface area contributed by atoms with Crippen LogP contribution in [0.15, 0.2) is 17.5 Å². The Morgan fingerprint density at radius 1 is 1.43 bits per heavy atom. The van der Waals surface area contributed by atoms with E-state index in [0.29, 0.717) is 6.10 Å². The largest absolute Gasteiger partial charge is 0.375 e. The summed E-state index contributed by atoms with van der Waals surface area (Å²) in [4.78, 5) is 4.03. The topological polar surface area (TPSA) is 21.7 Å². The summed E-state index contributed by atoms with van der Waals surface area (Å²) < 4.78 is 12.3. The van der Waals surface area contributed by atoms with Gasteiger partial charge < -0.3 is 9.47 Å². The predicted molar refractivity (Wildman–Crippen MR) is 84.6 cm³/mol. The van der Waals surface area contributed by atoms with Crippen LogP contribution >= 0.6 is 11.3 Å². The normalized spacial score (nSPS) is 33.8. The van der Waals surface area contributed by atoms with E-state index in [-0.39, 0.29) is 5.60 Å². The maximum atomic E-state index is 6.23. The van der Waals surface area contributed by atoms with Crippen molar-refractivity contribution < 1.29 is 9.47 Å². The fourth-order valence-electron chi connectivity index (χ4n) is 3.70. The van der Waals surface area contributed by atoms with Crippen molar-refractivity contribution in [1.29, 1.82) is 0 Å². The Hall–Kier alpha value is -0.420. The molecule has 0 N–H and O–H groups in total. The zero-order valence-corrected chi connectivity index (χ0v) is 13.4. The van der Waals surface area contributed by atoms with E-state index in [0.717, 1.165) is 38.6 Å². The van der Waals surface area contributed by atoms with Crippen LogP contribution in [0.3, 0.4) is 0 Å². The van der Waals surface area contributed by atoms with Crippen molar-refractivity contribution in [3.63, 3.8) is 0 Å². The van der Waals surface area contributed by atoms with E-state index in [4.69, 9.17) is 9.47 Å². The molecule has 0 unspecified atom stereocenters. The van der Waals surface area contributed by atoms with Crippen LogP contribution in [0, 0.1) is 5.92 Å². The number of thiophene rings is 1. The van der Waals surface area contributed by atoms with Crippen molar-refractivity contribution in [2.24, 2.45) is 5.92 Å². The number of ether oxygens (including phenoxy) is 2. The van der Waals surface area contributed by atoms with Crippen LogP contribution in [-0.2, 0) is 16.0 Å². The van der Waals surface area contributed by atoms with Crippen LogP contribution < -0.4 is 0 Å². The average Bonchev–Trinajstić information content (AvgIpc) is 3.04. The number of rotatable bonds is 5. The van der Waals surface area contributed by atoms with E-state index in [1.54, 1.807) is 0 Å². The molecule has 2 atom stereocenters. The van der Waals surface area contributed by atoms with Crippen molar-refractivity contribution in [2.45, 2.75) is 50.4 Å². The molecule has 21 heavy (non-hydrogen) atoms. The van der Waals surface area contributed by atoms with Gasteiger partial charge in [0.15, 0.2) is 0 Å². The monoisotopic (exact) mass is 307 g/mol. The Labute approximate surface area is 131 Å². The minimum absolute atomic E-state index is 0.0731. The smallest absolute Gasteiger partial charge is 0.0836 e.